The number of aromatic amines is 1. The molecule has 1 aliphatic carbocycles. The fourth-order valence-electron chi connectivity index (χ4n) is 3.83. The number of ether oxygens (including phenoxy) is 1. The second kappa shape index (κ2) is 8.42. The van der Waals surface area contributed by atoms with Crippen LogP contribution in [0, 0.1) is 18.6 Å². The number of nitrogens with one attached hydrogen (secondary N) is 2. The Kier molecular flexibility index (Phi) is 5.46. The zero-order valence-electron chi connectivity index (χ0n) is 17.7. The van der Waals surface area contributed by atoms with Gasteiger partial charge in [0.2, 0.25) is 0 Å². The van der Waals surface area contributed by atoms with Crippen LogP contribution < -0.4 is 15.0 Å². The molecule has 2 N–H and O–H groups in total. The molecule has 0 bridgehead atoms. The molecule has 5 rings (SSSR count). The van der Waals surface area contributed by atoms with E-state index < -0.39 is 11.6 Å². The van der Waals surface area contributed by atoms with Crippen molar-refractivity contribution < 1.29 is 13.5 Å². The number of halogens is 2. The molecular weight excluding hydrogens is 434 g/mol. The first-order valence-corrected chi connectivity index (χ1v) is 11.5. The van der Waals surface area contributed by atoms with E-state index in [1.54, 1.807) is 12.1 Å². The number of thioether (sulfide) groups is 1. The highest BCUT2D eigenvalue weighted by molar-refractivity contribution is 7.99. The minimum Gasteiger partial charge on any atom is -0.421 e. The number of fused-ring (bicyclic) bond motifs is 1. The third-order valence-corrected chi connectivity index (χ3v) is 6.30. The molecule has 0 atom stereocenters. The summed E-state index contributed by atoms with van der Waals surface area (Å²) in [7, 11) is 0. The average Bonchev–Trinajstić information content (AvgIpc) is 3.38. The monoisotopic (exact) mass is 456 g/mol. The summed E-state index contributed by atoms with van der Waals surface area (Å²) >= 11 is 1.88. The highest BCUT2D eigenvalue weighted by Gasteiger charge is 2.24. The molecule has 32 heavy (non-hydrogen) atoms. The number of benzene rings is 1. The third kappa shape index (κ3) is 4.14. The number of anilines is 3. The van der Waals surface area contributed by atoms with Gasteiger partial charge >= 0.3 is 6.01 Å². The maximum Gasteiger partial charge on any atom is 0.326 e. The van der Waals surface area contributed by atoms with Gasteiger partial charge in [-0.05, 0) is 20.3 Å². The van der Waals surface area contributed by atoms with Gasteiger partial charge in [-0.1, -0.05) is 11.6 Å². The van der Waals surface area contributed by atoms with Gasteiger partial charge in [-0.3, -0.25) is 5.10 Å². The van der Waals surface area contributed by atoms with Crippen LogP contribution in [0.5, 0.6) is 11.8 Å². The van der Waals surface area contributed by atoms with Gasteiger partial charge in [0.1, 0.15) is 17.5 Å². The average molecular weight is 457 g/mol. The second-order valence-electron chi connectivity index (χ2n) is 7.89. The highest BCUT2D eigenvalue weighted by atomic mass is 32.2. The Bertz CT molecular complexity index is 1210. The standard InChI is InChI=1S/C22H22F2N6OS/c1-12-7-14-15(8-12)21(24)17(10-16(14)23)31-22-26-18(25-19-9-13(2)28-29-19)11-20(27-22)30-3-5-32-6-4-30/h8-11H,3-7H2,1-2H3,(H2,25,26,27,28,29). The van der Waals surface area contributed by atoms with E-state index in [-0.39, 0.29) is 17.3 Å². The molecule has 1 aliphatic heterocycles. The van der Waals surface area contributed by atoms with Crippen LogP contribution in [-0.4, -0.2) is 44.8 Å². The zero-order valence-corrected chi connectivity index (χ0v) is 18.5. The SMILES string of the molecule is CC1=Cc2c(F)c(Oc3nc(Nc4cc(C)[nH]n4)cc(N4CCSCC4)n3)cc(F)c2C1. The van der Waals surface area contributed by atoms with Gasteiger partial charge in [0.15, 0.2) is 17.4 Å². The van der Waals surface area contributed by atoms with Crippen LogP contribution in [0.2, 0.25) is 0 Å². The zero-order chi connectivity index (χ0) is 22.2. The van der Waals surface area contributed by atoms with Crippen molar-refractivity contribution in [3.63, 3.8) is 0 Å². The number of rotatable bonds is 5. The Hall–Kier alpha value is -3.14. The predicted molar refractivity (Wildman–Crippen MR) is 122 cm³/mol. The van der Waals surface area contributed by atoms with Crippen LogP contribution in [0.25, 0.3) is 6.08 Å². The van der Waals surface area contributed by atoms with Crippen LogP contribution in [0.15, 0.2) is 23.8 Å². The van der Waals surface area contributed by atoms with Crippen molar-refractivity contribution in [2.75, 3.05) is 34.8 Å². The highest BCUT2D eigenvalue weighted by Crippen LogP contribution is 2.36. The summed E-state index contributed by atoms with van der Waals surface area (Å²) in [5.74, 6) is 2.31. The van der Waals surface area contributed by atoms with Gasteiger partial charge in [0.05, 0.1) is 0 Å². The molecule has 0 spiro atoms. The molecule has 1 aromatic carbocycles. The Morgan fingerprint density at radius 2 is 1.91 bits per heavy atom. The van der Waals surface area contributed by atoms with E-state index in [2.05, 4.69) is 30.4 Å². The van der Waals surface area contributed by atoms with E-state index >= 15 is 4.39 Å². The van der Waals surface area contributed by atoms with Crippen LogP contribution in [-0.2, 0) is 6.42 Å². The number of allylic oxidation sites excluding steroid dienone is 1. The van der Waals surface area contributed by atoms with Gasteiger partial charge in [-0.15, -0.1) is 0 Å². The number of aromatic nitrogens is 4. The second-order valence-corrected chi connectivity index (χ2v) is 9.11. The van der Waals surface area contributed by atoms with Crippen LogP contribution in [0.3, 0.4) is 0 Å². The first-order valence-electron chi connectivity index (χ1n) is 10.3. The minimum atomic E-state index is -0.612. The van der Waals surface area contributed by atoms with Crippen molar-refractivity contribution in [2.24, 2.45) is 0 Å². The topological polar surface area (TPSA) is 79.0 Å². The fourth-order valence-corrected chi connectivity index (χ4v) is 4.73. The molecule has 2 aliphatic rings. The molecule has 1 fully saturated rings. The normalized spacial score (nSPS) is 15.5. The summed E-state index contributed by atoms with van der Waals surface area (Å²) in [6, 6.07) is 4.65. The van der Waals surface area contributed by atoms with Crippen LogP contribution in [0.4, 0.5) is 26.2 Å². The number of H-pyrrole nitrogens is 1. The Labute approximate surface area is 188 Å². The Balaban J connectivity index is 1.51. The summed E-state index contributed by atoms with van der Waals surface area (Å²) in [4.78, 5) is 11.0. The van der Waals surface area contributed by atoms with Gasteiger partial charge in [0.25, 0.3) is 0 Å². The lowest BCUT2D eigenvalue weighted by Gasteiger charge is -2.27. The molecule has 2 aromatic heterocycles. The van der Waals surface area contributed by atoms with E-state index in [1.807, 2.05) is 31.7 Å². The number of aryl methyl sites for hydroxylation is 1. The fraction of sp³-hybridized carbons (Fsp3) is 0.318. The van der Waals surface area contributed by atoms with E-state index in [0.717, 1.165) is 41.9 Å². The Morgan fingerprint density at radius 1 is 1.09 bits per heavy atom. The van der Waals surface area contributed by atoms with Crippen LogP contribution >= 0.6 is 11.8 Å². The summed E-state index contributed by atoms with van der Waals surface area (Å²) in [6.45, 7) is 5.39. The number of hydrogen-bond acceptors (Lipinski definition) is 7. The van der Waals surface area contributed by atoms with E-state index in [1.165, 1.54) is 0 Å². The molecule has 0 unspecified atom stereocenters. The Morgan fingerprint density at radius 3 is 2.66 bits per heavy atom. The molecule has 0 radical (unpaired) electrons. The summed E-state index contributed by atoms with van der Waals surface area (Å²) in [5.41, 5.74) is 2.37. The summed E-state index contributed by atoms with van der Waals surface area (Å²) < 4.78 is 35.4. The van der Waals surface area contributed by atoms with Gasteiger partial charge in [-0.2, -0.15) is 26.8 Å². The summed E-state index contributed by atoms with van der Waals surface area (Å²) in [5, 5.41) is 10.2. The first kappa shape index (κ1) is 20.7. The van der Waals surface area contributed by atoms with Crippen molar-refractivity contribution in [1.29, 1.82) is 0 Å². The number of nitrogens with zero attached hydrogens (tertiary/aromatic N) is 4. The van der Waals surface area contributed by atoms with Crippen molar-refractivity contribution in [2.45, 2.75) is 20.3 Å². The molecule has 0 amide bonds. The molecule has 3 heterocycles. The van der Waals surface area contributed by atoms with Crippen LogP contribution in [0.1, 0.15) is 23.7 Å². The molecule has 1 saturated heterocycles. The maximum atomic E-state index is 15.1. The van der Waals surface area contributed by atoms with Crippen molar-refractivity contribution in [1.82, 2.24) is 20.2 Å². The summed E-state index contributed by atoms with van der Waals surface area (Å²) in [6.07, 6.45) is 2.05. The first-order chi connectivity index (χ1) is 15.5. The third-order valence-electron chi connectivity index (χ3n) is 5.36. The molecule has 7 nitrogen and oxygen atoms in total. The van der Waals surface area contributed by atoms with Crippen molar-refractivity contribution >= 4 is 35.3 Å². The lowest BCUT2D eigenvalue weighted by Crippen LogP contribution is -2.33. The van der Waals surface area contributed by atoms with Crippen molar-refractivity contribution in [3.05, 3.63) is 52.2 Å². The number of hydrogen-bond donors (Lipinski definition) is 2. The van der Waals surface area contributed by atoms with Gasteiger partial charge in [0, 0.05) is 59.6 Å². The molecule has 10 heteroatoms. The maximum absolute atomic E-state index is 15.1. The van der Waals surface area contributed by atoms with Gasteiger partial charge < -0.3 is 15.0 Å². The minimum absolute atomic E-state index is 0.0626. The van der Waals surface area contributed by atoms with E-state index in [0.29, 0.717) is 29.4 Å². The molecule has 3 aromatic rings. The van der Waals surface area contributed by atoms with E-state index in [4.69, 9.17) is 4.74 Å². The molecule has 0 saturated carbocycles. The van der Waals surface area contributed by atoms with Crippen molar-refractivity contribution in [3.8, 4) is 11.8 Å². The van der Waals surface area contributed by atoms with E-state index in [9.17, 15) is 4.39 Å². The smallest absolute Gasteiger partial charge is 0.326 e. The lowest BCUT2D eigenvalue weighted by atomic mass is 10.1. The lowest BCUT2D eigenvalue weighted by molar-refractivity contribution is 0.406. The quantitative estimate of drug-likeness (QED) is 0.569. The largest absolute Gasteiger partial charge is 0.421 e. The predicted octanol–water partition coefficient (Wildman–Crippen LogP) is 4.83. The molecule has 166 valence electrons. The molecular formula is C22H22F2N6OS. The van der Waals surface area contributed by atoms with Gasteiger partial charge in [-0.25, -0.2) is 8.78 Å².